The molecule has 2 aliphatic heterocycles. The van der Waals surface area contributed by atoms with Gasteiger partial charge in [0.15, 0.2) is 0 Å². The van der Waals surface area contributed by atoms with Gasteiger partial charge >= 0.3 is 0 Å². The van der Waals surface area contributed by atoms with E-state index in [-0.39, 0.29) is 24.9 Å². The van der Waals surface area contributed by atoms with Crippen LogP contribution in [0.5, 0.6) is 0 Å². The number of hydrogen-bond donors (Lipinski definition) is 6. The second kappa shape index (κ2) is 12.1. The Morgan fingerprint density at radius 3 is 2.71 bits per heavy atom. The van der Waals surface area contributed by atoms with Crippen LogP contribution in [0.1, 0.15) is 55.8 Å². The third-order valence-electron chi connectivity index (χ3n) is 6.42. The third kappa shape index (κ3) is 6.66. The highest BCUT2D eigenvalue weighted by atomic mass is 16.3. The third-order valence-corrected chi connectivity index (χ3v) is 6.42. The molecule has 0 radical (unpaired) electrons. The van der Waals surface area contributed by atoms with E-state index < -0.39 is 5.54 Å². The number of H-pyrrole nitrogens is 1. The molecule has 190 valence electrons. The number of nitrogens with one attached hydrogen (secondary N) is 3. The summed E-state index contributed by atoms with van der Waals surface area (Å²) in [4.78, 5) is 40.9. The fraction of sp³-hybridized carbons (Fsp3) is 0.545. The summed E-state index contributed by atoms with van der Waals surface area (Å²) < 4.78 is 0. The van der Waals surface area contributed by atoms with Gasteiger partial charge in [-0.15, -0.1) is 0 Å². The summed E-state index contributed by atoms with van der Waals surface area (Å²) in [5, 5.41) is 27.8. The number of nitrogens with two attached hydrogens (primary N) is 1. The molecule has 13 heteroatoms. The van der Waals surface area contributed by atoms with Gasteiger partial charge in [0, 0.05) is 24.7 Å². The first-order chi connectivity index (χ1) is 16.9. The average Bonchev–Trinajstić information content (AvgIpc) is 3.45. The molecule has 3 fully saturated rings. The normalized spacial score (nSPS) is 22.9. The smallest absolute Gasteiger partial charge is 0.290 e. The number of fused-ring (bicyclic) bond motifs is 1. The summed E-state index contributed by atoms with van der Waals surface area (Å²) in [6.07, 6.45) is 7.91. The molecule has 4 heterocycles. The molecule has 1 aliphatic carbocycles. The maximum atomic E-state index is 13.3. The van der Waals surface area contributed by atoms with Crippen molar-refractivity contribution in [2.75, 3.05) is 24.1 Å². The van der Waals surface area contributed by atoms with E-state index in [9.17, 15) is 4.79 Å². The Balaban J connectivity index is 0.000000520. The summed E-state index contributed by atoms with van der Waals surface area (Å²) >= 11 is 0. The fourth-order valence-corrected chi connectivity index (χ4v) is 4.80. The monoisotopic (exact) mass is 488 g/mol. The number of hydrogen-bond acceptors (Lipinski definition) is 9. The van der Waals surface area contributed by atoms with Crippen LogP contribution in [0.15, 0.2) is 18.3 Å². The van der Waals surface area contributed by atoms with Crippen LogP contribution in [-0.4, -0.2) is 78.8 Å². The molecule has 1 saturated carbocycles. The Morgan fingerprint density at radius 2 is 2.03 bits per heavy atom. The Morgan fingerprint density at radius 1 is 1.29 bits per heavy atom. The van der Waals surface area contributed by atoms with Crippen LogP contribution in [0.4, 0.5) is 11.8 Å². The van der Waals surface area contributed by atoms with Crippen molar-refractivity contribution in [2.24, 2.45) is 0 Å². The van der Waals surface area contributed by atoms with E-state index in [1.165, 1.54) is 12.8 Å². The van der Waals surface area contributed by atoms with Crippen LogP contribution in [0.2, 0.25) is 0 Å². The molecule has 7 N–H and O–H groups in total. The van der Waals surface area contributed by atoms with Crippen molar-refractivity contribution in [3.8, 4) is 0 Å². The van der Waals surface area contributed by atoms with Gasteiger partial charge in [-0.2, -0.15) is 10.1 Å². The highest BCUT2D eigenvalue weighted by Gasteiger charge is 2.52. The SMILES string of the molecule is Nc1ccnc(N[C@@H]2CN3CCCC[C@@]3(C(=O)NCc3cc(C4CC4)n[nH]3)C2)n1.O=CO.O=CO. The minimum Gasteiger partial charge on any atom is -0.483 e. The molecule has 0 spiro atoms. The highest BCUT2D eigenvalue weighted by molar-refractivity contribution is 5.87. The van der Waals surface area contributed by atoms with Crippen molar-refractivity contribution in [2.45, 2.75) is 62.6 Å². The highest BCUT2D eigenvalue weighted by Crippen LogP contribution is 2.40. The van der Waals surface area contributed by atoms with E-state index in [4.69, 9.17) is 25.5 Å². The molecule has 2 aromatic heterocycles. The molecule has 2 saturated heterocycles. The zero-order valence-corrected chi connectivity index (χ0v) is 19.4. The summed E-state index contributed by atoms with van der Waals surface area (Å²) in [5.74, 6) is 1.68. The van der Waals surface area contributed by atoms with E-state index in [2.05, 4.69) is 41.8 Å². The predicted molar refractivity (Wildman–Crippen MR) is 126 cm³/mol. The van der Waals surface area contributed by atoms with Gasteiger partial charge in [0.05, 0.1) is 17.9 Å². The molecule has 5 rings (SSSR count). The molecule has 0 bridgehead atoms. The fourth-order valence-electron chi connectivity index (χ4n) is 4.80. The Hall–Kier alpha value is -3.74. The number of aromatic nitrogens is 4. The number of carbonyl (C=O) groups excluding carboxylic acids is 1. The second-order valence-corrected chi connectivity index (χ2v) is 8.77. The zero-order valence-electron chi connectivity index (χ0n) is 19.4. The molecular formula is C22H32N8O5. The molecule has 2 aromatic rings. The lowest BCUT2D eigenvalue weighted by Crippen LogP contribution is -2.57. The summed E-state index contributed by atoms with van der Waals surface area (Å²) in [6.45, 7) is 1.74. The van der Waals surface area contributed by atoms with Crippen molar-refractivity contribution < 1.29 is 24.6 Å². The van der Waals surface area contributed by atoms with Gasteiger partial charge in [-0.05, 0) is 57.2 Å². The number of amides is 1. The summed E-state index contributed by atoms with van der Waals surface area (Å²) in [5.41, 5.74) is 7.40. The molecule has 0 aromatic carbocycles. The molecular weight excluding hydrogens is 456 g/mol. The predicted octanol–water partition coefficient (Wildman–Crippen LogP) is 0.786. The topological polar surface area (TPSA) is 199 Å². The first-order valence-electron chi connectivity index (χ1n) is 11.5. The lowest BCUT2D eigenvalue weighted by molar-refractivity contribution is -0.134. The summed E-state index contributed by atoms with van der Waals surface area (Å²) in [6, 6.07) is 3.88. The number of nitrogen functional groups attached to an aromatic ring is 1. The van der Waals surface area contributed by atoms with Crippen LogP contribution < -0.4 is 16.4 Å². The van der Waals surface area contributed by atoms with Crippen LogP contribution in [0, 0.1) is 0 Å². The van der Waals surface area contributed by atoms with Gasteiger partial charge in [-0.25, -0.2) is 4.98 Å². The molecule has 0 unspecified atom stereocenters. The quantitative estimate of drug-likeness (QED) is 0.314. The first-order valence-corrected chi connectivity index (χ1v) is 11.5. The van der Waals surface area contributed by atoms with E-state index in [0.717, 1.165) is 50.2 Å². The molecule has 13 nitrogen and oxygen atoms in total. The zero-order chi connectivity index (χ0) is 25.3. The largest absolute Gasteiger partial charge is 0.483 e. The van der Waals surface area contributed by atoms with Gasteiger partial charge in [0.1, 0.15) is 11.4 Å². The van der Waals surface area contributed by atoms with Gasteiger partial charge < -0.3 is 26.6 Å². The number of piperidine rings is 1. The Labute approximate surface area is 202 Å². The molecule has 3 aliphatic rings. The van der Waals surface area contributed by atoms with Gasteiger partial charge in [0.25, 0.3) is 12.9 Å². The van der Waals surface area contributed by atoms with E-state index in [0.29, 0.717) is 24.2 Å². The van der Waals surface area contributed by atoms with Crippen LogP contribution >= 0.6 is 0 Å². The standard InChI is InChI=1S/C20H28N8O.2CH2O2/c21-17-5-7-22-19(25-17)24-15-10-20(6-1-2-8-28(20)12-15)18(29)23-11-14-9-16(27-26-14)13-3-4-13;2*2-1-3/h5,7,9,13,15H,1-4,6,8,10-12H2,(H,23,29)(H,26,27)(H3,21,22,24,25);2*1H,(H,2,3)/t15-,20-;;/m0../s1. The van der Waals surface area contributed by atoms with Crippen molar-refractivity contribution >= 4 is 30.6 Å². The van der Waals surface area contributed by atoms with Crippen LogP contribution in [0.25, 0.3) is 0 Å². The minimum atomic E-state index is -0.463. The van der Waals surface area contributed by atoms with Gasteiger partial charge in [-0.1, -0.05) is 0 Å². The van der Waals surface area contributed by atoms with Crippen molar-refractivity contribution in [3.05, 3.63) is 29.7 Å². The molecule has 35 heavy (non-hydrogen) atoms. The number of carbonyl (C=O) groups is 3. The minimum absolute atomic E-state index is 0.109. The molecule has 1 amide bonds. The number of aromatic amines is 1. The lowest BCUT2D eigenvalue weighted by Gasteiger charge is -2.40. The second-order valence-electron chi connectivity index (χ2n) is 8.77. The van der Waals surface area contributed by atoms with Crippen LogP contribution in [-0.2, 0) is 20.9 Å². The number of anilines is 2. The van der Waals surface area contributed by atoms with Crippen LogP contribution in [0.3, 0.4) is 0 Å². The maximum Gasteiger partial charge on any atom is 0.290 e. The number of nitrogens with zero attached hydrogens (tertiary/aromatic N) is 4. The van der Waals surface area contributed by atoms with Crippen molar-refractivity contribution in [1.82, 2.24) is 30.4 Å². The summed E-state index contributed by atoms with van der Waals surface area (Å²) in [7, 11) is 0. The van der Waals surface area contributed by atoms with Crippen molar-refractivity contribution in [3.63, 3.8) is 0 Å². The lowest BCUT2D eigenvalue weighted by atomic mass is 9.84. The van der Waals surface area contributed by atoms with E-state index >= 15 is 0 Å². The first kappa shape index (κ1) is 25.9. The maximum absolute atomic E-state index is 13.3. The van der Waals surface area contributed by atoms with Crippen molar-refractivity contribution in [1.29, 1.82) is 0 Å². The number of rotatable bonds is 6. The van der Waals surface area contributed by atoms with E-state index in [1.807, 2.05) is 0 Å². The van der Waals surface area contributed by atoms with Gasteiger partial charge in [-0.3, -0.25) is 24.4 Å². The van der Waals surface area contributed by atoms with Gasteiger partial charge in [0.2, 0.25) is 11.9 Å². The number of carboxylic acid groups (broad SMARTS) is 2. The Kier molecular flexibility index (Phi) is 8.95. The average molecular weight is 489 g/mol. The van der Waals surface area contributed by atoms with E-state index in [1.54, 1.807) is 12.3 Å². The Bertz CT molecular complexity index is 992. The molecule has 2 atom stereocenters.